The minimum absolute atomic E-state index is 0.0326. The van der Waals surface area contributed by atoms with Crippen LogP contribution in [0.25, 0.3) is 0 Å². The fraction of sp³-hybridized carbons (Fsp3) is 0.818. The van der Waals surface area contributed by atoms with Gasteiger partial charge in [0, 0.05) is 13.1 Å². The molecule has 2 fully saturated rings. The van der Waals surface area contributed by atoms with Gasteiger partial charge in [0.2, 0.25) is 5.91 Å². The Kier molecular flexibility index (Phi) is 3.35. The molecule has 1 amide bonds. The number of carbonyl (C=O) groups is 2. The molecule has 1 aliphatic heterocycles. The lowest BCUT2D eigenvalue weighted by Crippen LogP contribution is -2.39. The van der Waals surface area contributed by atoms with E-state index in [1.165, 1.54) is 12.0 Å². The molecule has 0 bridgehead atoms. The first kappa shape index (κ1) is 13.3. The summed E-state index contributed by atoms with van der Waals surface area (Å²) in [6.07, 6.45) is 0.996. The van der Waals surface area contributed by atoms with Crippen molar-refractivity contribution < 1.29 is 22.7 Å². The predicted molar refractivity (Wildman–Crippen MR) is 63.4 cm³/mol. The van der Waals surface area contributed by atoms with Crippen LogP contribution in [-0.4, -0.2) is 56.9 Å². The summed E-state index contributed by atoms with van der Waals surface area (Å²) in [6, 6.07) is -0.249. The van der Waals surface area contributed by atoms with E-state index in [1.54, 1.807) is 7.05 Å². The van der Waals surface area contributed by atoms with Gasteiger partial charge in [-0.05, 0) is 12.8 Å². The Hall–Kier alpha value is -1.11. The highest BCUT2D eigenvalue weighted by Crippen LogP contribution is 2.41. The maximum absolute atomic E-state index is 12.1. The van der Waals surface area contributed by atoms with Crippen LogP contribution in [0.15, 0.2) is 0 Å². The van der Waals surface area contributed by atoms with E-state index in [0.29, 0.717) is 12.8 Å². The summed E-state index contributed by atoms with van der Waals surface area (Å²) in [5.41, 5.74) is 0. The lowest BCUT2D eigenvalue weighted by atomic mass is 10.2. The summed E-state index contributed by atoms with van der Waals surface area (Å²) in [6.45, 7) is 0. The Morgan fingerprint density at radius 1 is 1.28 bits per heavy atom. The molecule has 0 aromatic heterocycles. The summed E-state index contributed by atoms with van der Waals surface area (Å²) in [5, 5.41) is 0. The first-order valence-electron chi connectivity index (χ1n) is 5.90. The maximum Gasteiger partial charge on any atom is 0.309 e. The zero-order chi connectivity index (χ0) is 13.5. The quantitative estimate of drug-likeness (QED) is 0.645. The first-order chi connectivity index (χ1) is 8.35. The van der Waals surface area contributed by atoms with Crippen LogP contribution in [0, 0.1) is 11.8 Å². The van der Waals surface area contributed by atoms with Crippen LogP contribution in [0.1, 0.15) is 12.8 Å². The number of ether oxygens (including phenoxy) is 1. The van der Waals surface area contributed by atoms with Crippen molar-refractivity contribution in [3.63, 3.8) is 0 Å². The van der Waals surface area contributed by atoms with Crippen molar-refractivity contribution in [2.45, 2.75) is 18.9 Å². The van der Waals surface area contributed by atoms with Gasteiger partial charge < -0.3 is 9.64 Å². The molecule has 3 atom stereocenters. The number of sulfone groups is 1. The third-order valence-corrected chi connectivity index (χ3v) is 5.47. The van der Waals surface area contributed by atoms with Crippen LogP contribution < -0.4 is 0 Å². The van der Waals surface area contributed by atoms with Crippen molar-refractivity contribution in [2.24, 2.45) is 11.8 Å². The van der Waals surface area contributed by atoms with E-state index in [2.05, 4.69) is 4.74 Å². The summed E-state index contributed by atoms with van der Waals surface area (Å²) in [4.78, 5) is 24.8. The number of esters is 1. The minimum atomic E-state index is -3.00. The monoisotopic (exact) mass is 275 g/mol. The fourth-order valence-electron chi connectivity index (χ4n) is 2.40. The predicted octanol–water partition coefficient (Wildman–Crippen LogP) is -0.559. The molecule has 1 heterocycles. The minimum Gasteiger partial charge on any atom is -0.469 e. The second kappa shape index (κ2) is 4.53. The highest BCUT2D eigenvalue weighted by Gasteiger charge is 2.51. The molecule has 0 spiro atoms. The van der Waals surface area contributed by atoms with E-state index in [9.17, 15) is 18.0 Å². The highest BCUT2D eigenvalue weighted by molar-refractivity contribution is 7.91. The van der Waals surface area contributed by atoms with Crippen molar-refractivity contribution in [3.8, 4) is 0 Å². The van der Waals surface area contributed by atoms with Crippen LogP contribution >= 0.6 is 0 Å². The second-order valence-corrected chi connectivity index (χ2v) is 7.21. The topological polar surface area (TPSA) is 80.8 Å². The molecule has 1 aliphatic carbocycles. The number of nitrogens with zero attached hydrogens (tertiary/aromatic N) is 1. The molecule has 0 aromatic rings. The van der Waals surface area contributed by atoms with Crippen molar-refractivity contribution in [1.82, 2.24) is 4.90 Å². The lowest BCUT2D eigenvalue weighted by Gasteiger charge is -2.23. The molecule has 3 unspecified atom stereocenters. The Labute approximate surface area is 106 Å². The largest absolute Gasteiger partial charge is 0.469 e. The number of amides is 1. The van der Waals surface area contributed by atoms with Crippen LogP contribution in [0.5, 0.6) is 0 Å². The van der Waals surface area contributed by atoms with Gasteiger partial charge >= 0.3 is 5.97 Å². The van der Waals surface area contributed by atoms with Crippen LogP contribution in [0.2, 0.25) is 0 Å². The molecule has 7 heteroatoms. The van der Waals surface area contributed by atoms with Crippen molar-refractivity contribution in [3.05, 3.63) is 0 Å². The molecule has 0 N–H and O–H groups in total. The van der Waals surface area contributed by atoms with Gasteiger partial charge in [-0.3, -0.25) is 9.59 Å². The van der Waals surface area contributed by atoms with Crippen molar-refractivity contribution in [1.29, 1.82) is 0 Å². The van der Waals surface area contributed by atoms with E-state index in [1.807, 2.05) is 0 Å². The van der Waals surface area contributed by atoms with E-state index < -0.39 is 9.84 Å². The molecule has 6 nitrogen and oxygen atoms in total. The van der Waals surface area contributed by atoms with Gasteiger partial charge in [-0.25, -0.2) is 8.42 Å². The highest BCUT2D eigenvalue weighted by atomic mass is 32.2. The average Bonchev–Trinajstić information content (AvgIpc) is 3.04. The molecule has 2 aliphatic rings. The van der Waals surface area contributed by atoms with Crippen LogP contribution in [-0.2, 0) is 24.2 Å². The molecule has 1 saturated heterocycles. The summed E-state index contributed by atoms with van der Waals surface area (Å²) >= 11 is 0. The molecule has 2 rings (SSSR count). The van der Waals surface area contributed by atoms with Gasteiger partial charge in [-0.15, -0.1) is 0 Å². The third kappa shape index (κ3) is 2.50. The van der Waals surface area contributed by atoms with Gasteiger partial charge in [-0.1, -0.05) is 0 Å². The summed E-state index contributed by atoms with van der Waals surface area (Å²) in [5.74, 6) is -1.01. The van der Waals surface area contributed by atoms with Crippen molar-refractivity contribution in [2.75, 3.05) is 25.7 Å². The SMILES string of the molecule is COC(=O)C1CC1C(=O)N(C)C1CCS(=O)(=O)C1. The Morgan fingerprint density at radius 2 is 1.94 bits per heavy atom. The number of hydrogen-bond donors (Lipinski definition) is 0. The van der Waals surface area contributed by atoms with Gasteiger partial charge in [-0.2, -0.15) is 0 Å². The zero-order valence-corrected chi connectivity index (χ0v) is 11.3. The summed E-state index contributed by atoms with van der Waals surface area (Å²) in [7, 11) is -0.0867. The number of hydrogen-bond acceptors (Lipinski definition) is 5. The molecular formula is C11H17NO5S. The van der Waals surface area contributed by atoms with E-state index in [0.717, 1.165) is 0 Å². The molecule has 1 saturated carbocycles. The Morgan fingerprint density at radius 3 is 2.44 bits per heavy atom. The Balaban J connectivity index is 1.93. The molecule has 0 radical (unpaired) electrons. The molecule has 18 heavy (non-hydrogen) atoms. The molecular weight excluding hydrogens is 258 g/mol. The van der Waals surface area contributed by atoms with Crippen LogP contribution in [0.3, 0.4) is 0 Å². The fourth-order valence-corrected chi connectivity index (χ4v) is 4.18. The first-order valence-corrected chi connectivity index (χ1v) is 7.73. The third-order valence-electron chi connectivity index (χ3n) is 3.72. The second-order valence-electron chi connectivity index (χ2n) is 4.98. The molecule has 102 valence electrons. The zero-order valence-electron chi connectivity index (χ0n) is 10.5. The van der Waals surface area contributed by atoms with Crippen LogP contribution in [0.4, 0.5) is 0 Å². The standard InChI is InChI=1S/C11H17NO5S/c1-12(7-3-4-18(15,16)6-7)10(13)8-5-9(8)11(14)17-2/h7-9H,3-6H2,1-2H3. The van der Waals surface area contributed by atoms with Gasteiger partial charge in [0.15, 0.2) is 9.84 Å². The normalized spacial score (nSPS) is 32.9. The lowest BCUT2D eigenvalue weighted by molar-refractivity contribution is -0.144. The smallest absolute Gasteiger partial charge is 0.309 e. The van der Waals surface area contributed by atoms with Gasteiger partial charge in [0.05, 0.1) is 30.5 Å². The van der Waals surface area contributed by atoms with E-state index >= 15 is 0 Å². The van der Waals surface area contributed by atoms with E-state index in [4.69, 9.17) is 0 Å². The van der Waals surface area contributed by atoms with Crippen molar-refractivity contribution >= 4 is 21.7 Å². The van der Waals surface area contributed by atoms with E-state index in [-0.39, 0.29) is 41.3 Å². The average molecular weight is 275 g/mol. The number of rotatable bonds is 3. The number of methoxy groups -OCH3 is 1. The summed E-state index contributed by atoms with van der Waals surface area (Å²) < 4.78 is 27.3. The maximum atomic E-state index is 12.1. The van der Waals surface area contributed by atoms with Gasteiger partial charge in [0.1, 0.15) is 0 Å². The Bertz CT molecular complexity index is 472. The van der Waals surface area contributed by atoms with Gasteiger partial charge in [0.25, 0.3) is 0 Å². The number of carbonyl (C=O) groups excluding carboxylic acids is 2. The molecule has 0 aromatic carbocycles.